The third kappa shape index (κ3) is 5.19. The molecule has 98 valence electrons. The number of nitrogens with zero attached hydrogens (tertiary/aromatic N) is 1. The SMILES string of the molecule is CCCC(NCCN(CC)CC)c1cccs1. The quantitative estimate of drug-likeness (QED) is 0.725. The van der Waals surface area contributed by atoms with Crippen LogP contribution in [0.3, 0.4) is 0 Å². The van der Waals surface area contributed by atoms with E-state index >= 15 is 0 Å². The molecule has 1 heterocycles. The number of hydrogen-bond acceptors (Lipinski definition) is 3. The van der Waals surface area contributed by atoms with Gasteiger partial charge in [-0.1, -0.05) is 33.3 Å². The molecule has 3 heteroatoms. The van der Waals surface area contributed by atoms with Gasteiger partial charge in [0, 0.05) is 24.0 Å². The Morgan fingerprint density at radius 1 is 1.29 bits per heavy atom. The van der Waals surface area contributed by atoms with Crippen molar-refractivity contribution >= 4 is 11.3 Å². The normalized spacial score (nSPS) is 13.2. The zero-order valence-corrected chi connectivity index (χ0v) is 12.2. The summed E-state index contributed by atoms with van der Waals surface area (Å²) in [5.74, 6) is 0. The molecular weight excluding hydrogens is 228 g/mol. The van der Waals surface area contributed by atoms with Crippen LogP contribution in [-0.2, 0) is 0 Å². The Morgan fingerprint density at radius 2 is 2.06 bits per heavy atom. The van der Waals surface area contributed by atoms with Gasteiger partial charge >= 0.3 is 0 Å². The summed E-state index contributed by atoms with van der Waals surface area (Å²) in [4.78, 5) is 3.94. The molecule has 0 saturated heterocycles. The van der Waals surface area contributed by atoms with Crippen LogP contribution in [0.25, 0.3) is 0 Å². The molecule has 0 spiro atoms. The van der Waals surface area contributed by atoms with Crippen LogP contribution in [0.5, 0.6) is 0 Å². The molecule has 1 unspecified atom stereocenters. The van der Waals surface area contributed by atoms with Crippen molar-refractivity contribution in [2.45, 2.75) is 39.7 Å². The van der Waals surface area contributed by atoms with E-state index in [0.717, 1.165) is 26.2 Å². The van der Waals surface area contributed by atoms with Gasteiger partial charge in [0.15, 0.2) is 0 Å². The minimum atomic E-state index is 0.551. The van der Waals surface area contributed by atoms with E-state index in [-0.39, 0.29) is 0 Å². The van der Waals surface area contributed by atoms with Crippen LogP contribution in [0.15, 0.2) is 17.5 Å². The van der Waals surface area contributed by atoms with Crippen molar-refractivity contribution in [3.05, 3.63) is 22.4 Å². The van der Waals surface area contributed by atoms with Crippen molar-refractivity contribution in [2.75, 3.05) is 26.2 Å². The van der Waals surface area contributed by atoms with Crippen LogP contribution in [0.4, 0.5) is 0 Å². The Balaban J connectivity index is 2.35. The molecule has 0 fully saturated rings. The summed E-state index contributed by atoms with van der Waals surface area (Å²) in [6.45, 7) is 11.2. The predicted octanol–water partition coefficient (Wildman–Crippen LogP) is 3.52. The lowest BCUT2D eigenvalue weighted by molar-refractivity contribution is 0.295. The van der Waals surface area contributed by atoms with Gasteiger partial charge in [-0.2, -0.15) is 0 Å². The molecule has 0 aliphatic rings. The zero-order chi connectivity index (χ0) is 12.5. The summed E-state index contributed by atoms with van der Waals surface area (Å²) in [5, 5.41) is 5.86. The van der Waals surface area contributed by atoms with E-state index < -0.39 is 0 Å². The molecule has 0 aliphatic carbocycles. The van der Waals surface area contributed by atoms with Crippen LogP contribution in [-0.4, -0.2) is 31.1 Å². The first kappa shape index (κ1) is 14.7. The lowest BCUT2D eigenvalue weighted by Crippen LogP contribution is -2.33. The lowest BCUT2D eigenvalue weighted by Gasteiger charge is -2.21. The molecule has 17 heavy (non-hydrogen) atoms. The van der Waals surface area contributed by atoms with Gasteiger partial charge in [0.05, 0.1) is 0 Å². The fourth-order valence-electron chi connectivity index (χ4n) is 2.06. The minimum absolute atomic E-state index is 0.551. The van der Waals surface area contributed by atoms with Crippen LogP contribution in [0, 0.1) is 0 Å². The Bertz CT molecular complexity index is 268. The third-order valence-corrected chi connectivity index (χ3v) is 4.16. The van der Waals surface area contributed by atoms with Gasteiger partial charge in [0.25, 0.3) is 0 Å². The number of rotatable bonds is 9. The first-order chi connectivity index (χ1) is 8.31. The van der Waals surface area contributed by atoms with Crippen molar-refractivity contribution in [1.82, 2.24) is 10.2 Å². The van der Waals surface area contributed by atoms with Gasteiger partial charge in [-0.3, -0.25) is 0 Å². The zero-order valence-electron chi connectivity index (χ0n) is 11.4. The second-order valence-electron chi connectivity index (χ2n) is 4.34. The summed E-state index contributed by atoms with van der Waals surface area (Å²) in [7, 11) is 0. The Labute approximate surface area is 110 Å². The number of likely N-dealkylation sites (N-methyl/N-ethyl adjacent to an activating group) is 1. The lowest BCUT2D eigenvalue weighted by atomic mass is 10.1. The van der Waals surface area contributed by atoms with Gasteiger partial charge in [-0.05, 0) is 31.0 Å². The predicted molar refractivity (Wildman–Crippen MR) is 77.8 cm³/mol. The maximum atomic E-state index is 3.69. The maximum absolute atomic E-state index is 3.69. The smallest absolute Gasteiger partial charge is 0.0415 e. The van der Waals surface area contributed by atoms with E-state index in [4.69, 9.17) is 0 Å². The van der Waals surface area contributed by atoms with Crippen molar-refractivity contribution in [3.8, 4) is 0 Å². The Hall–Kier alpha value is -0.380. The second-order valence-corrected chi connectivity index (χ2v) is 5.32. The Kier molecular flexibility index (Phi) is 7.49. The highest BCUT2D eigenvalue weighted by Gasteiger charge is 2.10. The van der Waals surface area contributed by atoms with Crippen molar-refractivity contribution < 1.29 is 0 Å². The summed E-state index contributed by atoms with van der Waals surface area (Å²) >= 11 is 1.87. The third-order valence-electron chi connectivity index (χ3n) is 3.18. The van der Waals surface area contributed by atoms with E-state index in [0.29, 0.717) is 6.04 Å². The molecule has 0 amide bonds. The molecule has 0 radical (unpaired) electrons. The molecule has 0 bridgehead atoms. The molecule has 0 aromatic carbocycles. The Morgan fingerprint density at radius 3 is 2.59 bits per heavy atom. The second kappa shape index (κ2) is 8.67. The van der Waals surface area contributed by atoms with Gasteiger partial charge < -0.3 is 10.2 Å². The van der Waals surface area contributed by atoms with Crippen LogP contribution in [0.1, 0.15) is 44.5 Å². The van der Waals surface area contributed by atoms with E-state index in [9.17, 15) is 0 Å². The van der Waals surface area contributed by atoms with Gasteiger partial charge in [-0.25, -0.2) is 0 Å². The van der Waals surface area contributed by atoms with Crippen molar-refractivity contribution in [1.29, 1.82) is 0 Å². The standard InChI is InChI=1S/C14H26N2S/c1-4-8-13(14-9-7-12-17-14)15-10-11-16(5-2)6-3/h7,9,12-13,15H,4-6,8,10-11H2,1-3H3. The fourth-order valence-corrected chi connectivity index (χ4v) is 2.90. The van der Waals surface area contributed by atoms with E-state index in [1.165, 1.54) is 17.7 Å². The van der Waals surface area contributed by atoms with E-state index in [2.05, 4.69) is 48.5 Å². The molecule has 1 aromatic heterocycles. The fraction of sp³-hybridized carbons (Fsp3) is 0.714. The highest BCUT2D eigenvalue weighted by Crippen LogP contribution is 2.22. The van der Waals surface area contributed by atoms with Gasteiger partial charge in [0.2, 0.25) is 0 Å². The monoisotopic (exact) mass is 254 g/mol. The molecule has 1 atom stereocenters. The first-order valence-corrected chi connectivity index (χ1v) is 7.68. The highest BCUT2D eigenvalue weighted by atomic mass is 32.1. The first-order valence-electron chi connectivity index (χ1n) is 6.80. The molecule has 0 aliphatic heterocycles. The van der Waals surface area contributed by atoms with Crippen LogP contribution < -0.4 is 5.32 Å². The average Bonchev–Trinajstić information content (AvgIpc) is 2.87. The topological polar surface area (TPSA) is 15.3 Å². The van der Waals surface area contributed by atoms with Gasteiger partial charge in [0.1, 0.15) is 0 Å². The van der Waals surface area contributed by atoms with Crippen molar-refractivity contribution in [3.63, 3.8) is 0 Å². The summed E-state index contributed by atoms with van der Waals surface area (Å²) in [6.07, 6.45) is 2.47. The summed E-state index contributed by atoms with van der Waals surface area (Å²) < 4.78 is 0. The van der Waals surface area contributed by atoms with Crippen LogP contribution >= 0.6 is 11.3 Å². The molecule has 1 aromatic rings. The molecule has 1 N–H and O–H groups in total. The molecule has 1 rings (SSSR count). The van der Waals surface area contributed by atoms with Crippen LogP contribution in [0.2, 0.25) is 0 Å². The molecule has 0 saturated carbocycles. The maximum Gasteiger partial charge on any atom is 0.0415 e. The average molecular weight is 254 g/mol. The molecular formula is C14H26N2S. The largest absolute Gasteiger partial charge is 0.308 e. The van der Waals surface area contributed by atoms with E-state index in [1.807, 2.05) is 11.3 Å². The van der Waals surface area contributed by atoms with Crippen molar-refractivity contribution in [2.24, 2.45) is 0 Å². The molecule has 2 nitrogen and oxygen atoms in total. The minimum Gasteiger partial charge on any atom is -0.308 e. The number of thiophene rings is 1. The number of hydrogen-bond donors (Lipinski definition) is 1. The van der Waals surface area contributed by atoms with E-state index in [1.54, 1.807) is 0 Å². The highest BCUT2D eigenvalue weighted by molar-refractivity contribution is 7.10. The summed E-state index contributed by atoms with van der Waals surface area (Å²) in [6, 6.07) is 4.94. The summed E-state index contributed by atoms with van der Waals surface area (Å²) in [5.41, 5.74) is 0. The van der Waals surface area contributed by atoms with Gasteiger partial charge in [-0.15, -0.1) is 11.3 Å². The number of nitrogens with one attached hydrogen (secondary N) is 1.